The smallest absolute Gasteiger partial charge is 0.341 e. The molecule has 1 aromatic heterocycles. The minimum atomic E-state index is -0.437. The molecule has 23 heavy (non-hydrogen) atoms. The number of thiophene rings is 1. The van der Waals surface area contributed by atoms with Crippen molar-refractivity contribution >= 4 is 28.2 Å². The first-order chi connectivity index (χ1) is 11.1. The van der Waals surface area contributed by atoms with Gasteiger partial charge in [-0.25, -0.2) is 4.79 Å². The number of unbranched alkanes of at least 4 members (excludes halogenated alkanes) is 1. The van der Waals surface area contributed by atoms with E-state index in [9.17, 15) is 9.59 Å². The SMILES string of the molecule is CCCCC(=O)Nc1scc(-c2ccc(C)cc2)c1C(=O)OC. The predicted molar refractivity (Wildman–Crippen MR) is 94.0 cm³/mol. The van der Waals surface area contributed by atoms with E-state index in [0.29, 0.717) is 17.0 Å². The highest BCUT2D eigenvalue weighted by Gasteiger charge is 2.22. The van der Waals surface area contributed by atoms with Gasteiger partial charge >= 0.3 is 5.97 Å². The Morgan fingerprint density at radius 1 is 1.22 bits per heavy atom. The number of esters is 1. The van der Waals surface area contributed by atoms with Gasteiger partial charge in [0.25, 0.3) is 0 Å². The normalized spacial score (nSPS) is 10.4. The monoisotopic (exact) mass is 331 g/mol. The molecule has 0 bridgehead atoms. The number of hydrogen-bond donors (Lipinski definition) is 1. The number of ether oxygens (including phenoxy) is 1. The van der Waals surface area contributed by atoms with Gasteiger partial charge in [-0.3, -0.25) is 4.79 Å². The van der Waals surface area contributed by atoms with Gasteiger partial charge in [-0.05, 0) is 18.9 Å². The Hall–Kier alpha value is -2.14. The summed E-state index contributed by atoms with van der Waals surface area (Å²) in [5.74, 6) is -0.512. The number of nitrogens with one attached hydrogen (secondary N) is 1. The van der Waals surface area contributed by atoms with Crippen LogP contribution in [0.1, 0.15) is 42.1 Å². The molecule has 1 N–H and O–H groups in total. The fourth-order valence-electron chi connectivity index (χ4n) is 2.23. The van der Waals surface area contributed by atoms with Crippen LogP contribution in [0, 0.1) is 6.92 Å². The lowest BCUT2D eigenvalue weighted by Gasteiger charge is -2.08. The summed E-state index contributed by atoms with van der Waals surface area (Å²) in [5, 5.41) is 5.27. The number of aryl methyl sites for hydroxylation is 1. The number of amides is 1. The molecule has 2 rings (SSSR count). The van der Waals surface area contributed by atoms with Crippen molar-refractivity contribution < 1.29 is 14.3 Å². The van der Waals surface area contributed by atoms with Crippen LogP contribution in [0.4, 0.5) is 5.00 Å². The van der Waals surface area contributed by atoms with Crippen molar-refractivity contribution in [3.05, 3.63) is 40.8 Å². The Morgan fingerprint density at radius 2 is 1.91 bits per heavy atom. The first-order valence-electron chi connectivity index (χ1n) is 7.63. The Labute approximate surface area is 140 Å². The lowest BCUT2D eigenvalue weighted by atomic mass is 10.0. The molecule has 0 unspecified atom stereocenters. The van der Waals surface area contributed by atoms with Crippen LogP contribution >= 0.6 is 11.3 Å². The highest BCUT2D eigenvalue weighted by molar-refractivity contribution is 7.15. The zero-order chi connectivity index (χ0) is 16.8. The molecule has 1 heterocycles. The third-order valence-electron chi connectivity index (χ3n) is 3.55. The second-order valence-electron chi connectivity index (χ2n) is 5.36. The van der Waals surface area contributed by atoms with Gasteiger partial charge in [-0.1, -0.05) is 43.2 Å². The van der Waals surface area contributed by atoms with Gasteiger partial charge in [0.2, 0.25) is 5.91 Å². The second kappa shape index (κ2) is 7.92. The summed E-state index contributed by atoms with van der Waals surface area (Å²) in [6.07, 6.45) is 2.24. The largest absolute Gasteiger partial charge is 0.465 e. The summed E-state index contributed by atoms with van der Waals surface area (Å²) in [6.45, 7) is 4.05. The first kappa shape index (κ1) is 17.2. The molecule has 1 aromatic carbocycles. The van der Waals surface area contributed by atoms with Crippen LogP contribution in [0.3, 0.4) is 0 Å². The molecule has 0 spiro atoms. The van der Waals surface area contributed by atoms with E-state index in [1.807, 2.05) is 43.5 Å². The Morgan fingerprint density at radius 3 is 2.52 bits per heavy atom. The molecule has 0 radical (unpaired) electrons. The van der Waals surface area contributed by atoms with Crippen molar-refractivity contribution in [2.45, 2.75) is 33.1 Å². The van der Waals surface area contributed by atoms with Gasteiger partial charge in [0.1, 0.15) is 10.6 Å². The summed E-state index contributed by atoms with van der Waals surface area (Å²) in [4.78, 5) is 24.2. The molecule has 5 heteroatoms. The average Bonchev–Trinajstić information content (AvgIpc) is 2.96. The molecule has 0 aliphatic rings. The highest BCUT2D eigenvalue weighted by atomic mass is 32.1. The minimum absolute atomic E-state index is 0.0747. The molecule has 2 aromatic rings. The number of benzene rings is 1. The van der Waals surface area contributed by atoms with Gasteiger partial charge in [0.05, 0.1) is 7.11 Å². The summed E-state index contributed by atoms with van der Waals surface area (Å²) < 4.78 is 4.90. The molecule has 1 amide bonds. The average molecular weight is 331 g/mol. The third-order valence-corrected chi connectivity index (χ3v) is 4.45. The van der Waals surface area contributed by atoms with Gasteiger partial charge < -0.3 is 10.1 Å². The number of hydrogen-bond acceptors (Lipinski definition) is 4. The molecule has 0 aliphatic heterocycles. The van der Waals surface area contributed by atoms with Crippen LogP contribution in [-0.2, 0) is 9.53 Å². The van der Waals surface area contributed by atoms with Gasteiger partial charge in [-0.2, -0.15) is 0 Å². The molecule has 0 aliphatic carbocycles. The highest BCUT2D eigenvalue weighted by Crippen LogP contribution is 2.36. The van der Waals surface area contributed by atoms with Gasteiger partial charge in [0.15, 0.2) is 0 Å². The second-order valence-corrected chi connectivity index (χ2v) is 6.24. The van der Waals surface area contributed by atoms with E-state index in [1.165, 1.54) is 18.4 Å². The van der Waals surface area contributed by atoms with E-state index in [1.54, 1.807) is 0 Å². The van der Waals surface area contributed by atoms with E-state index >= 15 is 0 Å². The number of carbonyl (C=O) groups is 2. The minimum Gasteiger partial charge on any atom is -0.465 e. The van der Waals surface area contributed by atoms with Crippen molar-refractivity contribution in [3.63, 3.8) is 0 Å². The van der Waals surface area contributed by atoms with Crippen LogP contribution in [0.5, 0.6) is 0 Å². The number of anilines is 1. The van der Waals surface area contributed by atoms with E-state index in [-0.39, 0.29) is 5.91 Å². The number of methoxy groups -OCH3 is 1. The molecular formula is C18H21NO3S. The van der Waals surface area contributed by atoms with Crippen LogP contribution < -0.4 is 5.32 Å². The molecule has 0 atom stereocenters. The Balaban J connectivity index is 2.35. The van der Waals surface area contributed by atoms with Crippen LogP contribution in [0.2, 0.25) is 0 Å². The topological polar surface area (TPSA) is 55.4 Å². The van der Waals surface area contributed by atoms with Crippen LogP contribution in [-0.4, -0.2) is 19.0 Å². The first-order valence-corrected chi connectivity index (χ1v) is 8.51. The third kappa shape index (κ3) is 4.20. The molecular weight excluding hydrogens is 310 g/mol. The lowest BCUT2D eigenvalue weighted by Crippen LogP contribution is -2.13. The van der Waals surface area contributed by atoms with Crippen molar-refractivity contribution in [2.75, 3.05) is 12.4 Å². The van der Waals surface area contributed by atoms with Crippen LogP contribution in [0.25, 0.3) is 11.1 Å². The van der Waals surface area contributed by atoms with Gasteiger partial charge in [0, 0.05) is 17.4 Å². The maximum atomic E-state index is 12.2. The predicted octanol–water partition coefficient (Wildman–Crippen LogP) is 4.64. The maximum absolute atomic E-state index is 12.2. The Bertz CT molecular complexity index is 689. The summed E-state index contributed by atoms with van der Waals surface area (Å²) in [6, 6.07) is 7.92. The zero-order valence-corrected chi connectivity index (χ0v) is 14.5. The van der Waals surface area contributed by atoms with E-state index in [0.717, 1.165) is 29.5 Å². The molecule has 122 valence electrons. The Kier molecular flexibility index (Phi) is 5.93. The molecule has 0 saturated carbocycles. The van der Waals surface area contributed by atoms with E-state index < -0.39 is 5.97 Å². The number of carbonyl (C=O) groups excluding carboxylic acids is 2. The maximum Gasteiger partial charge on any atom is 0.341 e. The zero-order valence-electron chi connectivity index (χ0n) is 13.6. The van der Waals surface area contributed by atoms with Crippen LogP contribution in [0.15, 0.2) is 29.6 Å². The van der Waals surface area contributed by atoms with Gasteiger partial charge in [-0.15, -0.1) is 11.3 Å². The van der Waals surface area contributed by atoms with Crippen molar-refractivity contribution in [1.82, 2.24) is 0 Å². The van der Waals surface area contributed by atoms with E-state index in [4.69, 9.17) is 4.74 Å². The fourth-order valence-corrected chi connectivity index (χ4v) is 3.20. The molecule has 0 fully saturated rings. The summed E-state index contributed by atoms with van der Waals surface area (Å²) in [7, 11) is 1.35. The summed E-state index contributed by atoms with van der Waals surface area (Å²) in [5.41, 5.74) is 3.29. The van der Waals surface area contributed by atoms with Crippen molar-refractivity contribution in [3.8, 4) is 11.1 Å². The fraction of sp³-hybridized carbons (Fsp3) is 0.333. The number of rotatable bonds is 6. The van der Waals surface area contributed by atoms with Crippen molar-refractivity contribution in [1.29, 1.82) is 0 Å². The standard InChI is InChI=1S/C18H21NO3S/c1-4-5-6-15(20)19-17-16(18(21)22-3)14(11-23-17)13-9-7-12(2)8-10-13/h7-11H,4-6H2,1-3H3,(H,19,20). The molecule has 4 nitrogen and oxygen atoms in total. The van der Waals surface area contributed by atoms with E-state index in [2.05, 4.69) is 5.32 Å². The summed E-state index contributed by atoms with van der Waals surface area (Å²) >= 11 is 1.35. The lowest BCUT2D eigenvalue weighted by molar-refractivity contribution is -0.116. The molecule has 0 saturated heterocycles. The quantitative estimate of drug-likeness (QED) is 0.785. The van der Waals surface area contributed by atoms with Crippen molar-refractivity contribution in [2.24, 2.45) is 0 Å².